The molecule has 0 bridgehead atoms. The number of anilines is 4. The van der Waals surface area contributed by atoms with Crippen LogP contribution in [0.1, 0.15) is 16.7 Å². The molecule has 0 aliphatic carbocycles. The molecule has 0 saturated carbocycles. The molecule has 0 aliphatic rings. The molecule has 0 aliphatic heterocycles. The first kappa shape index (κ1) is 17.0. The lowest BCUT2D eigenvalue weighted by atomic mass is 10.1. The van der Waals surface area contributed by atoms with E-state index in [0.717, 1.165) is 11.3 Å². The summed E-state index contributed by atoms with van der Waals surface area (Å²) in [5.41, 5.74) is 11.0. The van der Waals surface area contributed by atoms with Crippen LogP contribution in [0.5, 0.6) is 0 Å². The average molecular weight is 354 g/mol. The highest BCUT2D eigenvalue weighted by molar-refractivity contribution is 6.31. The van der Waals surface area contributed by atoms with Crippen molar-refractivity contribution < 1.29 is 0 Å². The second-order valence-electron chi connectivity index (χ2n) is 5.85. The highest BCUT2D eigenvalue weighted by atomic mass is 35.5. The second-order valence-corrected chi connectivity index (χ2v) is 6.26. The lowest BCUT2D eigenvalue weighted by Gasteiger charge is -2.13. The SMILES string of the molecule is Cc1ccc(Nc2ncnc(NCc3ccccc3Cl)c2N)cc1C. The van der Waals surface area contributed by atoms with Gasteiger partial charge in [-0.25, -0.2) is 9.97 Å². The van der Waals surface area contributed by atoms with Crippen molar-refractivity contribution in [1.82, 2.24) is 9.97 Å². The van der Waals surface area contributed by atoms with Gasteiger partial charge in [0.1, 0.15) is 12.0 Å². The quantitative estimate of drug-likeness (QED) is 0.620. The molecule has 0 saturated heterocycles. The van der Waals surface area contributed by atoms with Gasteiger partial charge in [0.2, 0.25) is 0 Å². The van der Waals surface area contributed by atoms with E-state index in [1.165, 1.54) is 17.5 Å². The number of nitrogens with two attached hydrogens (primary N) is 1. The number of halogens is 1. The van der Waals surface area contributed by atoms with Gasteiger partial charge in [-0.2, -0.15) is 0 Å². The Kier molecular flexibility index (Phi) is 5.05. The van der Waals surface area contributed by atoms with Gasteiger partial charge in [0.25, 0.3) is 0 Å². The van der Waals surface area contributed by atoms with E-state index in [-0.39, 0.29) is 0 Å². The smallest absolute Gasteiger partial charge is 0.159 e. The first-order valence-electron chi connectivity index (χ1n) is 7.96. The maximum absolute atomic E-state index is 6.22. The first-order chi connectivity index (χ1) is 12.0. The zero-order valence-corrected chi connectivity index (χ0v) is 14.9. The van der Waals surface area contributed by atoms with Gasteiger partial charge in [-0.05, 0) is 48.7 Å². The van der Waals surface area contributed by atoms with Gasteiger partial charge in [0.05, 0.1) is 0 Å². The van der Waals surface area contributed by atoms with Gasteiger partial charge >= 0.3 is 0 Å². The third-order valence-electron chi connectivity index (χ3n) is 4.06. The minimum atomic E-state index is 0.466. The molecule has 6 heteroatoms. The molecule has 3 rings (SSSR count). The molecule has 5 nitrogen and oxygen atoms in total. The minimum Gasteiger partial charge on any atom is -0.393 e. The average Bonchev–Trinajstić information content (AvgIpc) is 2.60. The van der Waals surface area contributed by atoms with Crippen molar-refractivity contribution in [2.24, 2.45) is 0 Å². The van der Waals surface area contributed by atoms with Crippen molar-refractivity contribution in [3.8, 4) is 0 Å². The Labute approximate surface area is 152 Å². The molecule has 1 heterocycles. The molecule has 0 spiro atoms. The van der Waals surface area contributed by atoms with E-state index in [1.807, 2.05) is 30.3 Å². The van der Waals surface area contributed by atoms with Crippen LogP contribution in [0.4, 0.5) is 23.0 Å². The molecule has 25 heavy (non-hydrogen) atoms. The third kappa shape index (κ3) is 4.00. The summed E-state index contributed by atoms with van der Waals surface area (Å²) in [5.74, 6) is 1.14. The Hall–Kier alpha value is -2.79. The molecule has 0 atom stereocenters. The Bertz CT molecular complexity index is 895. The summed E-state index contributed by atoms with van der Waals surface area (Å²) in [4.78, 5) is 8.47. The van der Waals surface area contributed by atoms with Gasteiger partial charge in [-0.1, -0.05) is 35.9 Å². The molecule has 0 radical (unpaired) electrons. The highest BCUT2D eigenvalue weighted by Crippen LogP contribution is 2.27. The van der Waals surface area contributed by atoms with E-state index in [2.05, 4.69) is 46.6 Å². The van der Waals surface area contributed by atoms with Crippen LogP contribution in [0.2, 0.25) is 5.02 Å². The molecule has 0 unspecified atom stereocenters. The molecular formula is C19H20ClN5. The van der Waals surface area contributed by atoms with Gasteiger partial charge in [0.15, 0.2) is 11.6 Å². The highest BCUT2D eigenvalue weighted by Gasteiger charge is 2.09. The minimum absolute atomic E-state index is 0.466. The van der Waals surface area contributed by atoms with Crippen molar-refractivity contribution >= 4 is 34.6 Å². The fraction of sp³-hybridized carbons (Fsp3) is 0.158. The Balaban J connectivity index is 1.77. The zero-order valence-electron chi connectivity index (χ0n) is 14.2. The Morgan fingerprint density at radius 2 is 1.76 bits per heavy atom. The van der Waals surface area contributed by atoms with Gasteiger partial charge in [-0.15, -0.1) is 0 Å². The van der Waals surface area contributed by atoms with Crippen LogP contribution in [-0.2, 0) is 6.54 Å². The largest absolute Gasteiger partial charge is 0.393 e. The van der Waals surface area contributed by atoms with Gasteiger partial charge < -0.3 is 16.4 Å². The monoisotopic (exact) mass is 353 g/mol. The van der Waals surface area contributed by atoms with Gasteiger partial charge in [0, 0.05) is 17.3 Å². The van der Waals surface area contributed by atoms with Crippen LogP contribution in [-0.4, -0.2) is 9.97 Å². The Morgan fingerprint density at radius 1 is 1.00 bits per heavy atom. The number of nitrogens with zero attached hydrogens (tertiary/aromatic N) is 2. The van der Waals surface area contributed by atoms with E-state index < -0.39 is 0 Å². The molecule has 4 N–H and O–H groups in total. The Morgan fingerprint density at radius 3 is 2.52 bits per heavy atom. The molecule has 128 valence electrons. The van der Waals surface area contributed by atoms with Crippen molar-refractivity contribution in [3.05, 3.63) is 70.5 Å². The number of rotatable bonds is 5. The first-order valence-corrected chi connectivity index (χ1v) is 8.34. The number of benzene rings is 2. The summed E-state index contributed by atoms with van der Waals surface area (Å²) in [6.45, 7) is 4.68. The topological polar surface area (TPSA) is 75.9 Å². The maximum atomic E-state index is 6.22. The van der Waals surface area contributed by atoms with Crippen LogP contribution < -0.4 is 16.4 Å². The molecular weight excluding hydrogens is 334 g/mol. The van der Waals surface area contributed by atoms with E-state index in [9.17, 15) is 0 Å². The van der Waals surface area contributed by atoms with E-state index in [1.54, 1.807) is 0 Å². The van der Waals surface area contributed by atoms with Crippen molar-refractivity contribution in [3.63, 3.8) is 0 Å². The predicted molar refractivity (Wildman–Crippen MR) is 104 cm³/mol. The van der Waals surface area contributed by atoms with Crippen molar-refractivity contribution in [1.29, 1.82) is 0 Å². The zero-order chi connectivity index (χ0) is 17.8. The van der Waals surface area contributed by atoms with Crippen LogP contribution in [0.15, 0.2) is 48.8 Å². The van der Waals surface area contributed by atoms with Gasteiger partial charge in [-0.3, -0.25) is 0 Å². The molecule has 2 aromatic carbocycles. The van der Waals surface area contributed by atoms with E-state index >= 15 is 0 Å². The number of aromatic nitrogens is 2. The number of hydrogen-bond acceptors (Lipinski definition) is 5. The predicted octanol–water partition coefficient (Wildman–Crippen LogP) is 4.68. The lowest BCUT2D eigenvalue weighted by Crippen LogP contribution is -2.08. The van der Waals surface area contributed by atoms with Crippen LogP contribution in [0, 0.1) is 13.8 Å². The number of nitrogens with one attached hydrogen (secondary N) is 2. The normalized spacial score (nSPS) is 10.5. The second kappa shape index (κ2) is 7.40. The molecule has 1 aromatic heterocycles. The number of nitrogen functional groups attached to an aromatic ring is 1. The number of hydrogen-bond donors (Lipinski definition) is 3. The third-order valence-corrected chi connectivity index (χ3v) is 4.43. The van der Waals surface area contributed by atoms with E-state index in [0.29, 0.717) is 28.9 Å². The summed E-state index contributed by atoms with van der Waals surface area (Å²) in [6.07, 6.45) is 1.48. The summed E-state index contributed by atoms with van der Waals surface area (Å²) in [7, 11) is 0. The van der Waals surface area contributed by atoms with Crippen LogP contribution in [0.25, 0.3) is 0 Å². The molecule has 3 aromatic rings. The lowest BCUT2D eigenvalue weighted by molar-refractivity contribution is 1.09. The standard InChI is InChI=1S/C19H20ClN5/c1-12-7-8-15(9-13(12)2)25-19-17(21)18(23-11-24-19)22-10-14-5-3-4-6-16(14)20/h3-9,11H,10,21H2,1-2H3,(H2,22,23,24,25). The molecule has 0 fully saturated rings. The van der Waals surface area contributed by atoms with Crippen molar-refractivity contribution in [2.45, 2.75) is 20.4 Å². The maximum Gasteiger partial charge on any atom is 0.159 e. The summed E-state index contributed by atoms with van der Waals surface area (Å²) < 4.78 is 0. The van der Waals surface area contributed by atoms with Crippen LogP contribution >= 0.6 is 11.6 Å². The molecule has 0 amide bonds. The van der Waals surface area contributed by atoms with E-state index in [4.69, 9.17) is 17.3 Å². The number of aryl methyl sites for hydroxylation is 2. The summed E-state index contributed by atoms with van der Waals surface area (Å²) >= 11 is 6.18. The van der Waals surface area contributed by atoms with Crippen molar-refractivity contribution in [2.75, 3.05) is 16.4 Å². The van der Waals surface area contributed by atoms with Crippen LogP contribution in [0.3, 0.4) is 0 Å². The summed E-state index contributed by atoms with van der Waals surface area (Å²) in [6, 6.07) is 13.8. The summed E-state index contributed by atoms with van der Waals surface area (Å²) in [5, 5.41) is 7.17. The fourth-order valence-electron chi connectivity index (χ4n) is 2.41. The fourth-order valence-corrected chi connectivity index (χ4v) is 2.62.